The Bertz CT molecular complexity index is 570. The molecule has 2 fully saturated rings. The summed E-state index contributed by atoms with van der Waals surface area (Å²) in [7, 11) is 0. The van der Waals surface area contributed by atoms with Crippen LogP contribution < -0.4 is 0 Å². The number of aliphatic hydroxyl groups is 1. The number of rotatable bonds is 4. The summed E-state index contributed by atoms with van der Waals surface area (Å²) < 4.78 is 13.3. The van der Waals surface area contributed by atoms with Crippen LogP contribution in [-0.2, 0) is 11.2 Å². The lowest BCUT2D eigenvalue weighted by molar-refractivity contribution is -0.150. The number of piperidine rings is 1. The van der Waals surface area contributed by atoms with Gasteiger partial charge in [0.15, 0.2) is 0 Å². The van der Waals surface area contributed by atoms with Crippen molar-refractivity contribution in [2.24, 2.45) is 5.92 Å². The highest BCUT2D eigenvalue weighted by Gasteiger charge is 2.48. The van der Waals surface area contributed by atoms with Gasteiger partial charge in [0.25, 0.3) is 0 Å². The van der Waals surface area contributed by atoms with Crippen LogP contribution in [0, 0.1) is 11.7 Å². The zero-order valence-corrected chi connectivity index (χ0v) is 13.8. The molecule has 4 heteroatoms. The number of hydrogen-bond acceptors (Lipinski definition) is 2. The van der Waals surface area contributed by atoms with Gasteiger partial charge in [0.1, 0.15) is 5.82 Å². The van der Waals surface area contributed by atoms with Gasteiger partial charge in [-0.3, -0.25) is 4.79 Å². The number of hydrogen-bond donors (Lipinski definition) is 1. The highest BCUT2D eigenvalue weighted by Crippen LogP contribution is 2.44. The van der Waals surface area contributed by atoms with E-state index in [-0.39, 0.29) is 29.3 Å². The highest BCUT2D eigenvalue weighted by atomic mass is 19.1. The first-order valence-corrected chi connectivity index (χ1v) is 8.71. The Balaban J connectivity index is 1.59. The van der Waals surface area contributed by atoms with Crippen LogP contribution in [0.4, 0.5) is 4.39 Å². The maximum Gasteiger partial charge on any atom is 0.223 e. The maximum absolute atomic E-state index is 13.3. The van der Waals surface area contributed by atoms with E-state index in [1.807, 2.05) is 11.0 Å². The molecule has 3 rings (SSSR count). The van der Waals surface area contributed by atoms with E-state index in [2.05, 4.69) is 6.92 Å². The number of aliphatic hydroxyl groups excluding tert-OH is 1. The smallest absolute Gasteiger partial charge is 0.223 e. The Morgan fingerprint density at radius 1 is 1.48 bits per heavy atom. The van der Waals surface area contributed by atoms with Crippen LogP contribution in [0.15, 0.2) is 24.3 Å². The quantitative estimate of drug-likeness (QED) is 0.925. The van der Waals surface area contributed by atoms with Gasteiger partial charge in [-0.05, 0) is 62.1 Å². The third-order valence-electron chi connectivity index (χ3n) is 5.46. The highest BCUT2D eigenvalue weighted by molar-refractivity contribution is 5.77. The summed E-state index contributed by atoms with van der Waals surface area (Å²) in [6, 6.07) is 6.62. The molecular formula is C19H26FNO2. The topological polar surface area (TPSA) is 40.5 Å². The van der Waals surface area contributed by atoms with Crippen molar-refractivity contribution in [3.63, 3.8) is 0 Å². The summed E-state index contributed by atoms with van der Waals surface area (Å²) in [4.78, 5) is 14.8. The lowest BCUT2D eigenvalue weighted by Gasteiger charge is -2.54. The third-order valence-corrected chi connectivity index (χ3v) is 5.46. The first-order chi connectivity index (χ1) is 11.0. The van der Waals surface area contributed by atoms with Gasteiger partial charge < -0.3 is 10.0 Å². The molecule has 1 saturated carbocycles. The summed E-state index contributed by atoms with van der Waals surface area (Å²) in [6.07, 6.45) is 5.56. The van der Waals surface area contributed by atoms with Crippen LogP contribution in [-0.4, -0.2) is 34.1 Å². The molecule has 126 valence electrons. The number of halogens is 1. The first-order valence-electron chi connectivity index (χ1n) is 8.71. The van der Waals surface area contributed by atoms with Gasteiger partial charge in [0.05, 0.1) is 6.10 Å². The van der Waals surface area contributed by atoms with Gasteiger partial charge in [-0.15, -0.1) is 0 Å². The molecule has 1 aromatic carbocycles. The molecule has 0 bridgehead atoms. The van der Waals surface area contributed by atoms with Gasteiger partial charge in [-0.1, -0.05) is 19.1 Å². The molecule has 1 N–H and O–H groups in total. The second kappa shape index (κ2) is 6.60. The van der Waals surface area contributed by atoms with E-state index in [1.165, 1.54) is 6.07 Å². The average molecular weight is 319 g/mol. The number of amides is 1. The Kier molecular flexibility index (Phi) is 4.72. The monoisotopic (exact) mass is 319 g/mol. The fourth-order valence-electron chi connectivity index (χ4n) is 4.16. The lowest BCUT2D eigenvalue weighted by atomic mass is 9.69. The van der Waals surface area contributed by atoms with Crippen LogP contribution in [0.5, 0.6) is 0 Å². The van der Waals surface area contributed by atoms with Crippen molar-refractivity contribution in [3.05, 3.63) is 35.6 Å². The molecule has 2 aliphatic rings. The van der Waals surface area contributed by atoms with E-state index in [0.29, 0.717) is 25.8 Å². The van der Waals surface area contributed by atoms with Crippen LogP contribution in [0.2, 0.25) is 0 Å². The lowest BCUT2D eigenvalue weighted by Crippen LogP contribution is -2.61. The number of carbonyl (C=O) groups excluding carboxylic acids is 1. The van der Waals surface area contributed by atoms with E-state index in [0.717, 1.165) is 31.2 Å². The van der Waals surface area contributed by atoms with Crippen molar-refractivity contribution < 1.29 is 14.3 Å². The van der Waals surface area contributed by atoms with Crippen LogP contribution in [0.1, 0.15) is 51.0 Å². The standard InChI is InChI=1S/C19H26FNO2/c1-14(10-15-4-2-5-16(20)12-15)11-18(23)21-9-6-17(22)13-19(21)7-3-8-19/h2,4-5,12,14,17,22H,3,6-11,13H2,1H3. The summed E-state index contributed by atoms with van der Waals surface area (Å²) in [5, 5.41) is 9.94. The summed E-state index contributed by atoms with van der Waals surface area (Å²) in [6.45, 7) is 2.72. The van der Waals surface area contributed by atoms with Crippen molar-refractivity contribution in [2.75, 3.05) is 6.54 Å². The van der Waals surface area contributed by atoms with Crippen LogP contribution in [0.25, 0.3) is 0 Å². The van der Waals surface area contributed by atoms with Crippen molar-refractivity contribution >= 4 is 5.91 Å². The number of nitrogens with zero attached hydrogens (tertiary/aromatic N) is 1. The molecular weight excluding hydrogens is 293 g/mol. The molecule has 0 radical (unpaired) electrons. The first kappa shape index (κ1) is 16.4. The fraction of sp³-hybridized carbons (Fsp3) is 0.632. The van der Waals surface area contributed by atoms with Crippen molar-refractivity contribution in [1.82, 2.24) is 4.90 Å². The van der Waals surface area contributed by atoms with E-state index < -0.39 is 0 Å². The average Bonchev–Trinajstić information content (AvgIpc) is 2.45. The van der Waals surface area contributed by atoms with E-state index in [9.17, 15) is 14.3 Å². The zero-order valence-electron chi connectivity index (χ0n) is 13.8. The largest absolute Gasteiger partial charge is 0.393 e. The molecule has 2 atom stereocenters. The summed E-state index contributed by atoms with van der Waals surface area (Å²) in [5.74, 6) is 0.160. The molecule has 23 heavy (non-hydrogen) atoms. The summed E-state index contributed by atoms with van der Waals surface area (Å²) in [5.41, 5.74) is 0.866. The Labute approximate surface area is 137 Å². The molecule has 1 saturated heterocycles. The van der Waals surface area contributed by atoms with Gasteiger partial charge >= 0.3 is 0 Å². The molecule has 1 aromatic rings. The Hall–Kier alpha value is -1.42. The van der Waals surface area contributed by atoms with Gasteiger partial charge in [0, 0.05) is 18.5 Å². The third kappa shape index (κ3) is 3.57. The van der Waals surface area contributed by atoms with Crippen molar-refractivity contribution in [1.29, 1.82) is 0 Å². The predicted octanol–water partition coefficient (Wildman–Crippen LogP) is 3.30. The fourth-order valence-corrected chi connectivity index (χ4v) is 4.16. The molecule has 3 nitrogen and oxygen atoms in total. The maximum atomic E-state index is 13.3. The molecule has 1 heterocycles. The second-order valence-corrected chi connectivity index (χ2v) is 7.41. The van der Waals surface area contributed by atoms with Crippen LogP contribution in [0.3, 0.4) is 0 Å². The molecule has 1 amide bonds. The molecule has 1 aliphatic heterocycles. The Morgan fingerprint density at radius 3 is 2.91 bits per heavy atom. The SMILES string of the molecule is CC(CC(=O)N1CCC(O)CC12CCC2)Cc1cccc(F)c1. The molecule has 1 spiro atoms. The van der Waals surface area contributed by atoms with Crippen LogP contribution >= 0.6 is 0 Å². The minimum Gasteiger partial charge on any atom is -0.393 e. The number of benzene rings is 1. The zero-order chi connectivity index (χ0) is 16.4. The second-order valence-electron chi connectivity index (χ2n) is 7.41. The van der Waals surface area contributed by atoms with Gasteiger partial charge in [-0.25, -0.2) is 4.39 Å². The van der Waals surface area contributed by atoms with E-state index in [1.54, 1.807) is 12.1 Å². The minimum atomic E-state index is -0.260. The summed E-state index contributed by atoms with van der Waals surface area (Å²) >= 11 is 0. The van der Waals surface area contributed by atoms with Gasteiger partial charge in [-0.2, -0.15) is 0 Å². The van der Waals surface area contributed by atoms with Gasteiger partial charge in [0.2, 0.25) is 5.91 Å². The number of carbonyl (C=O) groups is 1. The van der Waals surface area contributed by atoms with Crippen molar-refractivity contribution in [3.8, 4) is 0 Å². The predicted molar refractivity (Wildman–Crippen MR) is 87.4 cm³/mol. The Morgan fingerprint density at radius 2 is 2.26 bits per heavy atom. The normalized spacial score (nSPS) is 24.3. The molecule has 0 aromatic heterocycles. The van der Waals surface area contributed by atoms with E-state index >= 15 is 0 Å². The van der Waals surface area contributed by atoms with E-state index in [4.69, 9.17) is 0 Å². The van der Waals surface area contributed by atoms with Crippen molar-refractivity contribution in [2.45, 2.75) is 63.5 Å². The molecule has 1 aliphatic carbocycles. The number of likely N-dealkylation sites (tertiary alicyclic amines) is 1. The molecule has 2 unspecified atom stereocenters. The minimum absolute atomic E-state index is 0.0761.